The number of nitrogens with zero attached hydrogens (tertiary/aromatic N) is 1. The quantitative estimate of drug-likeness (QED) is 0.834. The molecule has 1 aromatic heterocycles. The Morgan fingerprint density at radius 2 is 1.85 bits per heavy atom. The van der Waals surface area contributed by atoms with Crippen molar-refractivity contribution in [1.82, 2.24) is 4.98 Å². The van der Waals surface area contributed by atoms with Crippen LogP contribution in [0.15, 0.2) is 42.5 Å². The van der Waals surface area contributed by atoms with Crippen LogP contribution in [0.5, 0.6) is 0 Å². The van der Waals surface area contributed by atoms with Crippen molar-refractivity contribution in [1.29, 1.82) is 0 Å². The zero-order chi connectivity index (χ0) is 14.4. The average Bonchev–Trinajstić information content (AvgIpc) is 2.41. The van der Waals surface area contributed by atoms with E-state index in [9.17, 15) is 4.79 Å². The SMILES string of the molecule is O=C(CCCc1ccc(Cl)cc1)Nc1cccc(Cl)n1. The fraction of sp³-hybridized carbons (Fsp3) is 0.200. The molecule has 1 N–H and O–H groups in total. The second-order valence-electron chi connectivity index (χ2n) is 4.37. The van der Waals surface area contributed by atoms with Crippen LogP contribution in [-0.2, 0) is 11.2 Å². The highest BCUT2D eigenvalue weighted by Gasteiger charge is 2.04. The minimum absolute atomic E-state index is 0.0614. The highest BCUT2D eigenvalue weighted by molar-refractivity contribution is 6.30. The molecule has 0 saturated carbocycles. The minimum atomic E-state index is -0.0614. The fourth-order valence-electron chi connectivity index (χ4n) is 1.79. The Hall–Kier alpha value is -1.58. The van der Waals surface area contributed by atoms with E-state index in [2.05, 4.69) is 10.3 Å². The fourth-order valence-corrected chi connectivity index (χ4v) is 2.08. The molecule has 0 aliphatic rings. The zero-order valence-electron chi connectivity index (χ0n) is 10.8. The van der Waals surface area contributed by atoms with Gasteiger partial charge in [-0.2, -0.15) is 0 Å². The summed E-state index contributed by atoms with van der Waals surface area (Å²) < 4.78 is 0. The lowest BCUT2D eigenvalue weighted by molar-refractivity contribution is -0.116. The van der Waals surface area contributed by atoms with Crippen molar-refractivity contribution in [3.63, 3.8) is 0 Å². The van der Waals surface area contributed by atoms with E-state index in [1.54, 1.807) is 18.2 Å². The first kappa shape index (κ1) is 14.8. The third-order valence-corrected chi connectivity index (χ3v) is 3.23. The number of aryl methyl sites for hydroxylation is 1. The second kappa shape index (κ2) is 7.27. The maximum absolute atomic E-state index is 11.8. The van der Waals surface area contributed by atoms with Crippen LogP contribution in [0.3, 0.4) is 0 Å². The summed E-state index contributed by atoms with van der Waals surface area (Å²) in [5.74, 6) is 0.419. The maximum Gasteiger partial charge on any atom is 0.225 e. The lowest BCUT2D eigenvalue weighted by atomic mass is 10.1. The highest BCUT2D eigenvalue weighted by atomic mass is 35.5. The van der Waals surface area contributed by atoms with Crippen molar-refractivity contribution in [2.24, 2.45) is 0 Å². The van der Waals surface area contributed by atoms with Crippen LogP contribution in [-0.4, -0.2) is 10.9 Å². The predicted molar refractivity (Wildman–Crippen MR) is 82.3 cm³/mol. The summed E-state index contributed by atoms with van der Waals surface area (Å²) in [6.07, 6.45) is 2.05. The van der Waals surface area contributed by atoms with Crippen LogP contribution in [0.4, 0.5) is 5.82 Å². The summed E-state index contributed by atoms with van der Waals surface area (Å²) in [5.41, 5.74) is 1.17. The van der Waals surface area contributed by atoms with Gasteiger partial charge in [-0.3, -0.25) is 4.79 Å². The maximum atomic E-state index is 11.8. The van der Waals surface area contributed by atoms with Gasteiger partial charge in [-0.25, -0.2) is 4.98 Å². The van der Waals surface area contributed by atoms with Crippen LogP contribution in [0.1, 0.15) is 18.4 Å². The van der Waals surface area contributed by atoms with Gasteiger partial charge < -0.3 is 5.32 Å². The van der Waals surface area contributed by atoms with Gasteiger partial charge in [0.1, 0.15) is 11.0 Å². The van der Waals surface area contributed by atoms with Gasteiger partial charge in [0.15, 0.2) is 0 Å². The lowest BCUT2D eigenvalue weighted by Crippen LogP contribution is -2.12. The van der Waals surface area contributed by atoms with E-state index in [4.69, 9.17) is 23.2 Å². The Morgan fingerprint density at radius 3 is 2.55 bits per heavy atom. The number of carbonyl (C=O) groups is 1. The number of rotatable bonds is 5. The zero-order valence-corrected chi connectivity index (χ0v) is 12.3. The molecule has 0 saturated heterocycles. The number of nitrogens with one attached hydrogen (secondary N) is 1. The predicted octanol–water partition coefficient (Wildman–Crippen LogP) is 4.35. The summed E-state index contributed by atoms with van der Waals surface area (Å²) in [5, 5.41) is 3.81. The van der Waals surface area contributed by atoms with E-state index >= 15 is 0 Å². The van der Waals surface area contributed by atoms with Gasteiger partial charge in [-0.05, 0) is 42.7 Å². The van der Waals surface area contributed by atoms with Crippen molar-refractivity contribution in [2.45, 2.75) is 19.3 Å². The Morgan fingerprint density at radius 1 is 1.10 bits per heavy atom. The number of halogens is 2. The molecule has 1 aromatic carbocycles. The van der Waals surface area contributed by atoms with Gasteiger partial charge in [-0.15, -0.1) is 0 Å². The number of aromatic nitrogens is 1. The van der Waals surface area contributed by atoms with Gasteiger partial charge in [0.05, 0.1) is 0 Å². The van der Waals surface area contributed by atoms with Crippen molar-refractivity contribution in [3.05, 3.63) is 58.2 Å². The summed E-state index contributed by atoms with van der Waals surface area (Å²) in [6.45, 7) is 0. The van der Waals surface area contributed by atoms with Crippen LogP contribution in [0.25, 0.3) is 0 Å². The van der Waals surface area contributed by atoms with E-state index in [1.165, 1.54) is 5.56 Å². The molecule has 20 heavy (non-hydrogen) atoms. The van der Waals surface area contributed by atoms with Crippen molar-refractivity contribution in [3.8, 4) is 0 Å². The van der Waals surface area contributed by atoms with E-state index in [0.29, 0.717) is 17.4 Å². The summed E-state index contributed by atoms with van der Waals surface area (Å²) in [6, 6.07) is 12.8. The number of pyridine rings is 1. The van der Waals surface area contributed by atoms with Crippen molar-refractivity contribution in [2.75, 3.05) is 5.32 Å². The molecule has 0 fully saturated rings. The third kappa shape index (κ3) is 4.83. The molecule has 0 unspecified atom stereocenters. The summed E-state index contributed by atoms with van der Waals surface area (Å²) >= 11 is 11.6. The molecule has 0 aliphatic heterocycles. The first-order valence-corrected chi connectivity index (χ1v) is 7.06. The minimum Gasteiger partial charge on any atom is -0.311 e. The standard InChI is InChI=1S/C15H14Cl2N2O/c16-12-9-7-11(8-10-12)3-1-6-15(20)19-14-5-2-4-13(17)18-14/h2,4-5,7-10H,1,3,6H2,(H,18,19,20). The second-order valence-corrected chi connectivity index (χ2v) is 5.20. The average molecular weight is 309 g/mol. The van der Waals surface area contributed by atoms with Gasteiger partial charge >= 0.3 is 0 Å². The number of anilines is 1. The molecular weight excluding hydrogens is 295 g/mol. The Kier molecular flexibility index (Phi) is 5.39. The van der Waals surface area contributed by atoms with E-state index in [1.807, 2.05) is 24.3 Å². The number of benzene rings is 1. The van der Waals surface area contributed by atoms with Crippen molar-refractivity contribution < 1.29 is 4.79 Å². The van der Waals surface area contributed by atoms with Crippen molar-refractivity contribution >= 4 is 34.9 Å². The van der Waals surface area contributed by atoms with Gasteiger partial charge in [0, 0.05) is 11.4 Å². The van der Waals surface area contributed by atoms with E-state index < -0.39 is 0 Å². The van der Waals surface area contributed by atoms with Crippen LogP contribution in [0, 0.1) is 0 Å². The molecule has 0 radical (unpaired) electrons. The Bertz CT molecular complexity index is 585. The molecular formula is C15H14Cl2N2O. The van der Waals surface area contributed by atoms with Crippen LogP contribution in [0.2, 0.25) is 10.2 Å². The Balaban J connectivity index is 1.76. The Labute approximate surface area is 127 Å². The summed E-state index contributed by atoms with van der Waals surface area (Å²) in [4.78, 5) is 15.8. The smallest absolute Gasteiger partial charge is 0.225 e. The summed E-state index contributed by atoms with van der Waals surface area (Å²) in [7, 11) is 0. The van der Waals surface area contributed by atoms with Gasteiger partial charge in [-0.1, -0.05) is 41.4 Å². The molecule has 1 amide bonds. The van der Waals surface area contributed by atoms with Gasteiger partial charge in [0.25, 0.3) is 0 Å². The highest BCUT2D eigenvalue weighted by Crippen LogP contribution is 2.13. The molecule has 1 heterocycles. The first-order valence-electron chi connectivity index (χ1n) is 6.30. The number of amides is 1. The van der Waals surface area contributed by atoms with Crippen LogP contribution < -0.4 is 5.32 Å². The monoisotopic (exact) mass is 308 g/mol. The van der Waals surface area contributed by atoms with E-state index in [0.717, 1.165) is 17.9 Å². The van der Waals surface area contributed by atoms with Gasteiger partial charge in [0.2, 0.25) is 5.91 Å². The molecule has 2 aromatic rings. The molecule has 2 rings (SSSR count). The first-order chi connectivity index (χ1) is 9.63. The molecule has 0 atom stereocenters. The molecule has 0 bridgehead atoms. The number of hydrogen-bond acceptors (Lipinski definition) is 2. The van der Waals surface area contributed by atoms with E-state index in [-0.39, 0.29) is 5.91 Å². The molecule has 3 nitrogen and oxygen atoms in total. The van der Waals surface area contributed by atoms with Crippen LogP contribution >= 0.6 is 23.2 Å². The molecule has 104 valence electrons. The topological polar surface area (TPSA) is 42.0 Å². The molecule has 5 heteroatoms. The normalized spacial score (nSPS) is 10.3. The number of carbonyl (C=O) groups excluding carboxylic acids is 1. The lowest BCUT2D eigenvalue weighted by Gasteiger charge is -2.05. The molecule has 0 aliphatic carbocycles. The number of hydrogen-bond donors (Lipinski definition) is 1. The largest absolute Gasteiger partial charge is 0.311 e. The third-order valence-electron chi connectivity index (χ3n) is 2.77. The molecule has 0 spiro atoms.